The van der Waals surface area contributed by atoms with Gasteiger partial charge in [0.05, 0.1) is 6.04 Å². The summed E-state index contributed by atoms with van der Waals surface area (Å²) in [5, 5.41) is 3.26. The Morgan fingerprint density at radius 2 is 2.19 bits per heavy atom. The van der Waals surface area contributed by atoms with Crippen molar-refractivity contribution in [3.63, 3.8) is 0 Å². The summed E-state index contributed by atoms with van der Waals surface area (Å²) in [6.45, 7) is 0.920. The van der Waals surface area contributed by atoms with Gasteiger partial charge in [0, 0.05) is 30.8 Å². The molecule has 0 aromatic heterocycles. The molecule has 1 aromatic carbocycles. The molecule has 1 unspecified atom stereocenters. The van der Waals surface area contributed by atoms with Crippen LogP contribution >= 0.6 is 11.8 Å². The quantitative estimate of drug-likeness (QED) is 0.841. The number of nitrogens with one attached hydrogen (secondary N) is 1. The number of benzene rings is 1. The Morgan fingerprint density at radius 1 is 1.44 bits per heavy atom. The molecule has 1 aliphatic heterocycles. The molecule has 0 spiro atoms. The molecular weight excluding hydrogens is 220 g/mol. The molecule has 1 fully saturated rings. The first kappa shape index (κ1) is 11.5. The third kappa shape index (κ3) is 2.57. The number of hydrogen-bond donors (Lipinski definition) is 1. The summed E-state index contributed by atoms with van der Waals surface area (Å²) in [6, 6.07) is 9.71. The van der Waals surface area contributed by atoms with E-state index in [1.54, 1.807) is 4.90 Å². The van der Waals surface area contributed by atoms with Crippen molar-refractivity contribution in [2.24, 2.45) is 0 Å². The molecule has 1 heterocycles. The smallest absolute Gasteiger partial charge is 0.244 e. The first-order valence-electron chi connectivity index (χ1n) is 5.43. The van der Waals surface area contributed by atoms with E-state index >= 15 is 0 Å². The number of anilines is 1. The summed E-state index contributed by atoms with van der Waals surface area (Å²) < 4.78 is 0. The van der Waals surface area contributed by atoms with Gasteiger partial charge in [-0.2, -0.15) is 11.8 Å². The second kappa shape index (κ2) is 5.37. The van der Waals surface area contributed by atoms with E-state index in [1.165, 1.54) is 0 Å². The van der Waals surface area contributed by atoms with Crippen LogP contribution in [0.5, 0.6) is 0 Å². The van der Waals surface area contributed by atoms with Gasteiger partial charge in [-0.1, -0.05) is 18.2 Å². The number of nitrogens with zero attached hydrogens (tertiary/aromatic N) is 1. The second-order valence-electron chi connectivity index (χ2n) is 3.81. The topological polar surface area (TPSA) is 32.3 Å². The molecular formula is C12H16N2OS. The Balaban J connectivity index is 2.04. The molecule has 0 radical (unpaired) electrons. The van der Waals surface area contributed by atoms with Gasteiger partial charge >= 0.3 is 0 Å². The fourth-order valence-electron chi connectivity index (χ4n) is 1.74. The summed E-state index contributed by atoms with van der Waals surface area (Å²) >= 11 is 1.83. The summed E-state index contributed by atoms with van der Waals surface area (Å²) in [5.74, 6) is 2.12. The molecule has 1 aliphatic rings. The van der Waals surface area contributed by atoms with Crippen molar-refractivity contribution in [3.8, 4) is 0 Å². The molecule has 1 aromatic rings. The van der Waals surface area contributed by atoms with Crippen molar-refractivity contribution in [1.82, 2.24) is 5.32 Å². The predicted octanol–water partition coefficient (Wildman–Crippen LogP) is 1.35. The first-order valence-corrected chi connectivity index (χ1v) is 6.58. The number of carbonyl (C=O) groups excluding carboxylic acids is 1. The van der Waals surface area contributed by atoms with Crippen LogP contribution < -0.4 is 10.2 Å². The normalized spacial score (nSPS) is 20.4. The van der Waals surface area contributed by atoms with Crippen molar-refractivity contribution in [3.05, 3.63) is 30.3 Å². The minimum Gasteiger partial charge on any atom is -0.314 e. The number of amides is 1. The Kier molecular flexibility index (Phi) is 3.85. The van der Waals surface area contributed by atoms with E-state index in [1.807, 2.05) is 49.1 Å². The molecule has 2 rings (SSSR count). The fraction of sp³-hybridized carbons (Fsp3) is 0.417. The molecule has 1 saturated heterocycles. The van der Waals surface area contributed by atoms with E-state index in [4.69, 9.17) is 0 Å². The molecule has 0 saturated carbocycles. The molecule has 0 aliphatic carbocycles. The minimum absolute atomic E-state index is 0.0380. The van der Waals surface area contributed by atoms with Crippen LogP contribution in [0.2, 0.25) is 0 Å². The lowest BCUT2D eigenvalue weighted by Crippen LogP contribution is -2.49. The third-order valence-electron chi connectivity index (χ3n) is 2.69. The van der Waals surface area contributed by atoms with Gasteiger partial charge < -0.3 is 10.2 Å². The van der Waals surface area contributed by atoms with Gasteiger partial charge in [0.15, 0.2) is 0 Å². The highest BCUT2D eigenvalue weighted by Crippen LogP contribution is 2.15. The van der Waals surface area contributed by atoms with Crippen molar-refractivity contribution < 1.29 is 4.79 Å². The lowest BCUT2D eigenvalue weighted by Gasteiger charge is -2.27. The lowest BCUT2D eigenvalue weighted by molar-refractivity contribution is -0.119. The highest BCUT2D eigenvalue weighted by atomic mass is 32.2. The molecule has 3 nitrogen and oxygen atoms in total. The molecule has 1 N–H and O–H groups in total. The molecule has 4 heteroatoms. The molecule has 86 valence electrons. The number of para-hydroxylation sites is 1. The molecule has 1 atom stereocenters. The van der Waals surface area contributed by atoms with Crippen LogP contribution in [-0.4, -0.2) is 37.0 Å². The molecule has 1 amide bonds. The zero-order valence-electron chi connectivity index (χ0n) is 9.35. The maximum absolute atomic E-state index is 12.1. The van der Waals surface area contributed by atoms with Gasteiger partial charge in [0.25, 0.3) is 0 Å². The van der Waals surface area contributed by atoms with Crippen molar-refractivity contribution in [1.29, 1.82) is 0 Å². The van der Waals surface area contributed by atoms with E-state index in [2.05, 4.69) is 5.32 Å². The molecule has 16 heavy (non-hydrogen) atoms. The fourth-order valence-corrected chi connectivity index (χ4v) is 2.66. The first-order chi connectivity index (χ1) is 7.79. The number of hydrogen-bond acceptors (Lipinski definition) is 3. The average Bonchev–Trinajstić information content (AvgIpc) is 2.39. The monoisotopic (exact) mass is 236 g/mol. The van der Waals surface area contributed by atoms with Crippen LogP contribution in [0.1, 0.15) is 0 Å². The Bertz CT molecular complexity index is 349. The Labute approximate surface area is 100 Å². The van der Waals surface area contributed by atoms with Crippen LogP contribution in [0.15, 0.2) is 30.3 Å². The van der Waals surface area contributed by atoms with Gasteiger partial charge in [-0.25, -0.2) is 0 Å². The zero-order chi connectivity index (χ0) is 11.4. The van der Waals surface area contributed by atoms with Gasteiger partial charge in [-0.3, -0.25) is 4.79 Å². The Morgan fingerprint density at radius 3 is 2.81 bits per heavy atom. The summed E-state index contributed by atoms with van der Waals surface area (Å²) in [7, 11) is 1.83. The van der Waals surface area contributed by atoms with E-state index in [0.29, 0.717) is 0 Å². The number of carbonyl (C=O) groups is 1. The maximum Gasteiger partial charge on any atom is 0.244 e. The van der Waals surface area contributed by atoms with Gasteiger partial charge in [0.2, 0.25) is 5.91 Å². The van der Waals surface area contributed by atoms with Crippen molar-refractivity contribution >= 4 is 23.4 Å². The van der Waals surface area contributed by atoms with Crippen molar-refractivity contribution in [2.75, 3.05) is 30.0 Å². The highest BCUT2D eigenvalue weighted by molar-refractivity contribution is 7.99. The van der Waals surface area contributed by atoms with E-state index < -0.39 is 0 Å². The zero-order valence-corrected chi connectivity index (χ0v) is 10.2. The van der Waals surface area contributed by atoms with Gasteiger partial charge in [-0.05, 0) is 12.1 Å². The third-order valence-corrected chi connectivity index (χ3v) is 3.76. The summed E-state index contributed by atoms with van der Waals surface area (Å²) in [5.41, 5.74) is 0.949. The van der Waals surface area contributed by atoms with E-state index in [-0.39, 0.29) is 11.9 Å². The number of thioether (sulfide) groups is 1. The highest BCUT2D eigenvalue weighted by Gasteiger charge is 2.24. The van der Waals surface area contributed by atoms with Gasteiger partial charge in [-0.15, -0.1) is 0 Å². The SMILES string of the molecule is CN(C(=O)C1CSCCN1)c1ccccc1. The van der Waals surface area contributed by atoms with Crippen LogP contribution in [0, 0.1) is 0 Å². The number of rotatable bonds is 2. The van der Waals surface area contributed by atoms with E-state index in [9.17, 15) is 4.79 Å². The van der Waals surface area contributed by atoms with Crippen LogP contribution in [0.4, 0.5) is 5.69 Å². The second-order valence-corrected chi connectivity index (χ2v) is 4.96. The number of likely N-dealkylation sites (N-methyl/N-ethyl adjacent to an activating group) is 1. The standard InChI is InChI=1S/C12H16N2OS/c1-14(10-5-3-2-4-6-10)12(15)11-9-16-8-7-13-11/h2-6,11,13H,7-9H2,1H3. The van der Waals surface area contributed by atoms with Crippen LogP contribution in [0.3, 0.4) is 0 Å². The summed E-state index contributed by atoms with van der Waals surface area (Å²) in [6.07, 6.45) is 0. The lowest BCUT2D eigenvalue weighted by atomic mass is 10.2. The predicted molar refractivity (Wildman–Crippen MR) is 69.0 cm³/mol. The Hall–Kier alpha value is -1.00. The largest absolute Gasteiger partial charge is 0.314 e. The summed E-state index contributed by atoms with van der Waals surface area (Å²) in [4.78, 5) is 13.9. The minimum atomic E-state index is -0.0380. The average molecular weight is 236 g/mol. The van der Waals surface area contributed by atoms with Gasteiger partial charge in [0.1, 0.15) is 0 Å². The van der Waals surface area contributed by atoms with Crippen molar-refractivity contribution in [2.45, 2.75) is 6.04 Å². The van der Waals surface area contributed by atoms with Crippen LogP contribution in [-0.2, 0) is 4.79 Å². The van der Waals surface area contributed by atoms with Crippen LogP contribution in [0.25, 0.3) is 0 Å². The molecule has 0 bridgehead atoms. The van der Waals surface area contributed by atoms with E-state index in [0.717, 1.165) is 23.7 Å². The maximum atomic E-state index is 12.1.